The van der Waals surface area contributed by atoms with E-state index in [4.69, 9.17) is 16.9 Å². The summed E-state index contributed by atoms with van der Waals surface area (Å²) in [6.45, 7) is 7.70. The van der Waals surface area contributed by atoms with Crippen LogP contribution < -0.4 is 0 Å². The number of thioether (sulfide) groups is 1. The minimum Gasteiger partial charge on any atom is -0.769 e. The Morgan fingerprint density at radius 1 is 1.31 bits per heavy atom. The average molecular weight is 769 g/mol. The molecule has 7 rings (SSSR count). The molecule has 0 aromatic heterocycles. The third-order valence-electron chi connectivity index (χ3n) is 9.30. The van der Waals surface area contributed by atoms with E-state index in [1.807, 2.05) is 31.7 Å². The summed E-state index contributed by atoms with van der Waals surface area (Å²) in [7, 11) is 0. The van der Waals surface area contributed by atoms with E-state index < -0.39 is 19.5 Å². The first-order chi connectivity index (χ1) is 21.8. The minimum atomic E-state index is -2.22. The molecule has 233 valence electrons. The number of fused-ring (bicyclic) bond motifs is 3. The molecule has 1 radical (unpaired) electrons. The molecule has 0 N–H and O–H groups in total. The van der Waals surface area contributed by atoms with Crippen LogP contribution >= 0.6 is 11.8 Å². The van der Waals surface area contributed by atoms with Gasteiger partial charge in [-0.25, -0.2) is 17.0 Å². The van der Waals surface area contributed by atoms with Crippen molar-refractivity contribution in [3.8, 4) is 0 Å². The van der Waals surface area contributed by atoms with Crippen molar-refractivity contribution in [1.82, 2.24) is 0 Å². The van der Waals surface area contributed by atoms with Crippen molar-refractivity contribution < 1.29 is 31.7 Å². The molecule has 6 heteroatoms. The molecule has 0 spiro atoms. The van der Waals surface area contributed by atoms with E-state index >= 15 is 0 Å². The van der Waals surface area contributed by atoms with E-state index in [9.17, 15) is 0 Å². The molecule has 5 heterocycles. The normalized spacial score (nSPS) is 37.6. The fraction of sp³-hybridized carbons (Fsp3) is 0.667. The molecule has 2 aliphatic carbocycles. The molecule has 1 saturated heterocycles. The van der Waals surface area contributed by atoms with Gasteiger partial charge >= 0.3 is 0 Å². The number of hydrogen-bond donors (Lipinski definition) is 0. The van der Waals surface area contributed by atoms with Crippen LogP contribution in [0.2, 0.25) is 0 Å². The van der Waals surface area contributed by atoms with Crippen LogP contribution in [0.5, 0.6) is 0 Å². The summed E-state index contributed by atoms with van der Waals surface area (Å²) in [5.74, 6) is 1.85. The van der Waals surface area contributed by atoms with Crippen LogP contribution in [0, 0.1) is 42.1 Å². The summed E-state index contributed by atoms with van der Waals surface area (Å²) in [5.41, 5.74) is 5.08. The first-order valence-electron chi connectivity index (χ1n) is 18.4. The zero-order valence-electron chi connectivity index (χ0n) is 30.5. The van der Waals surface area contributed by atoms with Crippen LogP contribution in [0.3, 0.4) is 0 Å². The first kappa shape index (κ1) is 26.1. The molecule has 7 aliphatic rings. The summed E-state index contributed by atoms with van der Waals surface area (Å²) in [5, 5.41) is 9.84. The van der Waals surface area contributed by atoms with Crippen LogP contribution in [0.15, 0.2) is 56.3 Å². The molecule has 0 amide bonds. The van der Waals surface area contributed by atoms with Gasteiger partial charge in [0.25, 0.3) is 0 Å². The van der Waals surface area contributed by atoms with Gasteiger partial charge in [0, 0.05) is 43.8 Å². The van der Waals surface area contributed by atoms with Crippen molar-refractivity contribution in [3.05, 3.63) is 74.4 Å². The molecule has 5 aliphatic heterocycles. The molecule has 1 fully saturated rings. The summed E-state index contributed by atoms with van der Waals surface area (Å²) >= 11 is 1.82. The maximum atomic E-state index is 8.71. The molecular weight excluding hydrogens is 715 g/mol. The Balaban J connectivity index is 0.000000260. The fourth-order valence-electron chi connectivity index (χ4n) is 7.16. The molecule has 4 nitrogen and oxygen atoms in total. The van der Waals surface area contributed by atoms with Crippen LogP contribution in [-0.4, -0.2) is 36.3 Å². The van der Waals surface area contributed by atoms with E-state index in [1.165, 1.54) is 47.4 Å². The summed E-state index contributed by atoms with van der Waals surface area (Å²) in [6, 6.07) is 0.0140. The molecule has 3 unspecified atom stereocenters. The maximum Gasteiger partial charge on any atom is 0.175 e. The Hall–Kier alpha value is -1.20. The third kappa shape index (κ3) is 7.03. The number of allylic oxidation sites excluding steroid dienone is 5. The Morgan fingerprint density at radius 2 is 2.19 bits per heavy atom. The zero-order chi connectivity index (χ0) is 32.8. The van der Waals surface area contributed by atoms with Crippen molar-refractivity contribution in [2.24, 2.45) is 34.6 Å². The topological polar surface area (TPSA) is 49.8 Å². The van der Waals surface area contributed by atoms with Crippen LogP contribution in [-0.2, 0) is 24.8 Å². The van der Waals surface area contributed by atoms with E-state index in [1.54, 1.807) is 6.08 Å². The van der Waals surface area contributed by atoms with Crippen LogP contribution in [0.1, 0.15) is 99.1 Å². The van der Waals surface area contributed by atoms with Gasteiger partial charge in [0.2, 0.25) is 0 Å². The first-order valence-corrected chi connectivity index (χ1v) is 16.8. The van der Waals surface area contributed by atoms with Gasteiger partial charge in [0.15, 0.2) is 6.23 Å². The average Bonchev–Trinajstić information content (AvgIpc) is 3.58. The van der Waals surface area contributed by atoms with Crippen molar-refractivity contribution in [2.75, 3.05) is 13.1 Å². The Bertz CT molecular complexity index is 1370. The molecule has 0 bridgehead atoms. The molecule has 7 atom stereocenters. The number of rotatable bonds is 4. The summed E-state index contributed by atoms with van der Waals surface area (Å²) in [4.78, 5) is 5.75. The van der Waals surface area contributed by atoms with Crippen molar-refractivity contribution in [3.63, 3.8) is 0 Å². The smallest absolute Gasteiger partial charge is 0.175 e. The standard InChI is InChI=1S/C24H32N2OS.C12H17N.Ir/c1-13(2)10-19-15(4)28-22-11-21(25-12-20(19)22)18-7-5-6-16-17-9-8-14(3)26-24(17)27-23(16)18;1-10-7-8-12(13-9-10)11-5-3-2-4-6-11;/h7-9,13,15-17,19,21,24H,5-6,10-12H2,1-4H3;8,10H,2-5,7,9H2,1H3;/q2*-2;/t15-,16?,17?,19+,21+,24?;10-;/m00./s1/i3D3,10D2;;. The van der Waals surface area contributed by atoms with E-state index in [0.717, 1.165) is 49.5 Å². The molecule has 0 aromatic carbocycles. The minimum absolute atomic E-state index is 0. The second-order valence-corrected chi connectivity index (χ2v) is 14.4. The molecule has 0 aromatic rings. The van der Waals surface area contributed by atoms with E-state index in [0.29, 0.717) is 6.54 Å². The van der Waals surface area contributed by atoms with Gasteiger partial charge in [-0.05, 0) is 54.1 Å². The van der Waals surface area contributed by atoms with Gasteiger partial charge < -0.3 is 21.1 Å². The van der Waals surface area contributed by atoms with Gasteiger partial charge in [-0.1, -0.05) is 77.4 Å². The SMILES string of the molecule is C[C@H]1CC=C(C2=[C-]CCCC2)[N-]C1.[2H]C([2H])([2H])C1=NC2OC3=C([C@H]4CC5=C(C[N-]4)[C@H](C([2H])([2H])C(C)C)[C@H](C)S5)[CH-]CCC3C2C=C1.[Ir]. The fourth-order valence-corrected chi connectivity index (χ4v) is 8.58. The van der Waals surface area contributed by atoms with E-state index in [2.05, 4.69) is 42.7 Å². The van der Waals surface area contributed by atoms with Crippen molar-refractivity contribution >= 4 is 17.5 Å². The number of dihydropyridines is 1. The largest absolute Gasteiger partial charge is 0.769 e. The van der Waals surface area contributed by atoms with Gasteiger partial charge in [0.1, 0.15) is 0 Å². The van der Waals surface area contributed by atoms with E-state index in [-0.39, 0.29) is 60.8 Å². The predicted octanol–water partition coefficient (Wildman–Crippen LogP) is 9.64. The third-order valence-corrected chi connectivity index (χ3v) is 10.7. The van der Waals surface area contributed by atoms with Gasteiger partial charge in [-0.3, -0.25) is 6.08 Å². The number of ether oxygens (including phenoxy) is 1. The predicted molar refractivity (Wildman–Crippen MR) is 174 cm³/mol. The molecule has 0 saturated carbocycles. The second kappa shape index (κ2) is 14.3. The summed E-state index contributed by atoms with van der Waals surface area (Å²) in [6.07, 6.45) is 18.8. The number of hydrogen-bond acceptors (Lipinski definition) is 3. The molecular formula is C36H49IrN3OS-4. The second-order valence-electron chi connectivity index (χ2n) is 12.9. The zero-order valence-corrected chi connectivity index (χ0v) is 28.7. The maximum absolute atomic E-state index is 8.71. The van der Waals surface area contributed by atoms with Gasteiger partial charge in [-0.15, -0.1) is 43.7 Å². The summed E-state index contributed by atoms with van der Waals surface area (Å²) < 4.78 is 46.8. The van der Waals surface area contributed by atoms with Gasteiger partial charge in [0.05, 0.1) is 0 Å². The number of aliphatic imine (C=N–C) groups is 1. The van der Waals surface area contributed by atoms with Crippen molar-refractivity contribution in [2.45, 2.75) is 110 Å². The van der Waals surface area contributed by atoms with Crippen LogP contribution in [0.25, 0.3) is 10.6 Å². The Kier molecular flexibility index (Phi) is 8.85. The number of nitrogens with zero attached hydrogens (tertiary/aromatic N) is 3. The molecule has 42 heavy (non-hydrogen) atoms. The van der Waals surface area contributed by atoms with Crippen LogP contribution in [0.4, 0.5) is 0 Å². The Morgan fingerprint density at radius 3 is 2.93 bits per heavy atom. The van der Waals surface area contributed by atoms with Gasteiger partial charge in [-0.2, -0.15) is 11.6 Å². The quantitative estimate of drug-likeness (QED) is 0.268. The van der Waals surface area contributed by atoms with Crippen molar-refractivity contribution in [1.29, 1.82) is 0 Å². The Labute approximate surface area is 280 Å². The monoisotopic (exact) mass is 769 g/mol.